The first-order valence-corrected chi connectivity index (χ1v) is 9.37. The van der Waals surface area contributed by atoms with E-state index in [1.807, 2.05) is 13.0 Å². The SMILES string of the molecule is Cc1ccc(C(=O)N[C@@H]2c3ccccc3[C@@H]3CN(CC4CC4)C[C@H]23)o1. The van der Waals surface area contributed by atoms with Crippen LogP contribution in [0.15, 0.2) is 40.8 Å². The number of nitrogens with zero attached hydrogens (tertiary/aromatic N) is 1. The molecule has 2 aromatic rings. The summed E-state index contributed by atoms with van der Waals surface area (Å²) in [6.07, 6.45) is 2.78. The zero-order chi connectivity index (χ0) is 17.0. The van der Waals surface area contributed by atoms with Gasteiger partial charge in [0.05, 0.1) is 6.04 Å². The Kier molecular flexibility index (Phi) is 3.49. The molecule has 1 amide bonds. The Hall–Kier alpha value is -2.07. The molecule has 5 rings (SSSR count). The van der Waals surface area contributed by atoms with Gasteiger partial charge in [-0.1, -0.05) is 24.3 Å². The van der Waals surface area contributed by atoms with E-state index in [4.69, 9.17) is 4.42 Å². The maximum Gasteiger partial charge on any atom is 0.287 e. The van der Waals surface area contributed by atoms with Crippen LogP contribution in [0, 0.1) is 18.8 Å². The number of benzene rings is 1. The Balaban J connectivity index is 1.40. The number of fused-ring (bicyclic) bond motifs is 3. The van der Waals surface area contributed by atoms with Gasteiger partial charge in [-0.2, -0.15) is 0 Å². The molecular formula is C21H24N2O2. The van der Waals surface area contributed by atoms with Gasteiger partial charge in [0.1, 0.15) is 5.76 Å². The fourth-order valence-electron chi connectivity index (χ4n) is 4.71. The van der Waals surface area contributed by atoms with E-state index in [1.165, 1.54) is 30.5 Å². The molecule has 1 saturated heterocycles. The van der Waals surface area contributed by atoms with Crippen molar-refractivity contribution in [2.45, 2.75) is 31.7 Å². The van der Waals surface area contributed by atoms with Gasteiger partial charge in [-0.05, 0) is 48.9 Å². The molecule has 2 fully saturated rings. The van der Waals surface area contributed by atoms with Gasteiger partial charge in [0.15, 0.2) is 5.76 Å². The van der Waals surface area contributed by atoms with Crippen molar-refractivity contribution >= 4 is 5.91 Å². The van der Waals surface area contributed by atoms with E-state index in [-0.39, 0.29) is 11.9 Å². The minimum atomic E-state index is -0.103. The van der Waals surface area contributed by atoms with E-state index in [2.05, 4.69) is 34.5 Å². The fourth-order valence-corrected chi connectivity index (χ4v) is 4.71. The number of likely N-dealkylation sites (tertiary alicyclic amines) is 1. The highest BCUT2D eigenvalue weighted by atomic mass is 16.3. The first-order valence-electron chi connectivity index (χ1n) is 9.37. The molecule has 3 aliphatic rings. The lowest BCUT2D eigenvalue weighted by Crippen LogP contribution is -2.33. The Morgan fingerprint density at radius 1 is 1.16 bits per heavy atom. The van der Waals surface area contributed by atoms with Crippen molar-refractivity contribution in [2.75, 3.05) is 19.6 Å². The number of hydrogen-bond acceptors (Lipinski definition) is 3. The van der Waals surface area contributed by atoms with Gasteiger partial charge in [-0.25, -0.2) is 0 Å². The molecule has 1 N–H and O–H groups in total. The third-order valence-corrected chi connectivity index (χ3v) is 6.06. The van der Waals surface area contributed by atoms with Crippen molar-refractivity contribution in [3.63, 3.8) is 0 Å². The molecular weight excluding hydrogens is 312 g/mol. The monoisotopic (exact) mass is 336 g/mol. The lowest BCUT2D eigenvalue weighted by Gasteiger charge is -2.22. The van der Waals surface area contributed by atoms with E-state index >= 15 is 0 Å². The molecule has 0 radical (unpaired) electrons. The first kappa shape index (κ1) is 15.2. The quantitative estimate of drug-likeness (QED) is 0.929. The van der Waals surface area contributed by atoms with Crippen LogP contribution in [-0.2, 0) is 0 Å². The number of hydrogen-bond donors (Lipinski definition) is 1. The lowest BCUT2D eigenvalue weighted by atomic mass is 9.94. The van der Waals surface area contributed by atoms with Crippen LogP contribution in [0.3, 0.4) is 0 Å². The molecule has 2 heterocycles. The number of carbonyl (C=O) groups is 1. The summed E-state index contributed by atoms with van der Waals surface area (Å²) < 4.78 is 5.51. The summed E-state index contributed by atoms with van der Waals surface area (Å²) >= 11 is 0. The second-order valence-electron chi connectivity index (χ2n) is 7.92. The standard InChI is InChI=1S/C21H24N2O2/c1-13-6-9-19(25-13)21(24)22-20-16-5-3-2-4-15(16)17-11-23(12-18(17)20)10-14-7-8-14/h2-6,9,14,17-18,20H,7-8,10-12H2,1H3,(H,22,24)/t17-,18-,20+/m0/s1. The van der Waals surface area contributed by atoms with Crippen molar-refractivity contribution in [3.05, 3.63) is 59.0 Å². The zero-order valence-electron chi connectivity index (χ0n) is 14.6. The maximum absolute atomic E-state index is 12.7. The van der Waals surface area contributed by atoms with Gasteiger partial charge < -0.3 is 14.6 Å². The molecule has 3 atom stereocenters. The van der Waals surface area contributed by atoms with Crippen LogP contribution in [0.25, 0.3) is 0 Å². The third kappa shape index (κ3) is 2.69. The minimum Gasteiger partial charge on any atom is -0.456 e. The van der Waals surface area contributed by atoms with Gasteiger partial charge in [-0.3, -0.25) is 4.79 Å². The largest absolute Gasteiger partial charge is 0.456 e. The highest BCUT2D eigenvalue weighted by molar-refractivity contribution is 5.92. The molecule has 0 bridgehead atoms. The normalized spacial score (nSPS) is 28.0. The van der Waals surface area contributed by atoms with Crippen LogP contribution in [-0.4, -0.2) is 30.4 Å². The molecule has 4 heteroatoms. The van der Waals surface area contributed by atoms with Crippen LogP contribution in [0.4, 0.5) is 0 Å². The van der Waals surface area contributed by atoms with Crippen molar-refractivity contribution in [2.24, 2.45) is 11.8 Å². The predicted octanol–water partition coefficient (Wildman–Crippen LogP) is 3.50. The van der Waals surface area contributed by atoms with Crippen molar-refractivity contribution in [3.8, 4) is 0 Å². The average molecular weight is 336 g/mol. The molecule has 1 aromatic carbocycles. The number of aryl methyl sites for hydroxylation is 1. The summed E-state index contributed by atoms with van der Waals surface area (Å²) in [5, 5.41) is 3.27. The number of rotatable bonds is 4. The zero-order valence-corrected chi connectivity index (χ0v) is 14.6. The molecule has 0 spiro atoms. The molecule has 1 aromatic heterocycles. The van der Waals surface area contributed by atoms with E-state index < -0.39 is 0 Å². The number of carbonyl (C=O) groups excluding carboxylic acids is 1. The molecule has 25 heavy (non-hydrogen) atoms. The van der Waals surface area contributed by atoms with E-state index in [0.29, 0.717) is 17.6 Å². The molecule has 4 nitrogen and oxygen atoms in total. The van der Waals surface area contributed by atoms with Crippen LogP contribution in [0.1, 0.15) is 52.2 Å². The highest BCUT2D eigenvalue weighted by Crippen LogP contribution is 2.49. The second kappa shape index (κ2) is 5.73. The summed E-state index contributed by atoms with van der Waals surface area (Å²) in [6, 6.07) is 12.3. The summed E-state index contributed by atoms with van der Waals surface area (Å²) in [6.45, 7) is 5.31. The Labute approximate surface area is 148 Å². The molecule has 0 unspecified atom stereocenters. The first-order chi connectivity index (χ1) is 12.2. The van der Waals surface area contributed by atoms with Gasteiger partial charge in [0, 0.05) is 31.5 Å². The Bertz CT molecular complexity index is 808. The van der Waals surface area contributed by atoms with Crippen molar-refractivity contribution in [1.82, 2.24) is 10.2 Å². The van der Waals surface area contributed by atoms with Crippen LogP contribution in [0.5, 0.6) is 0 Å². The Morgan fingerprint density at radius 2 is 1.96 bits per heavy atom. The maximum atomic E-state index is 12.7. The molecule has 2 aliphatic carbocycles. The molecule has 1 aliphatic heterocycles. The van der Waals surface area contributed by atoms with Crippen LogP contribution >= 0.6 is 0 Å². The average Bonchev–Trinajstić information content (AvgIpc) is 3.04. The van der Waals surface area contributed by atoms with Gasteiger partial charge in [0.2, 0.25) is 0 Å². The number of nitrogens with one attached hydrogen (secondary N) is 1. The number of furan rings is 1. The van der Waals surface area contributed by atoms with Crippen molar-refractivity contribution in [1.29, 1.82) is 0 Å². The number of amides is 1. The van der Waals surface area contributed by atoms with Gasteiger partial charge in [-0.15, -0.1) is 0 Å². The third-order valence-electron chi connectivity index (χ3n) is 6.06. The van der Waals surface area contributed by atoms with Gasteiger partial charge in [0.25, 0.3) is 5.91 Å². The van der Waals surface area contributed by atoms with E-state index in [0.717, 1.165) is 24.8 Å². The second-order valence-corrected chi connectivity index (χ2v) is 7.92. The summed E-state index contributed by atoms with van der Waals surface area (Å²) in [5.41, 5.74) is 2.71. The highest BCUT2D eigenvalue weighted by Gasteiger charge is 2.47. The summed E-state index contributed by atoms with van der Waals surface area (Å²) in [4.78, 5) is 15.3. The fraction of sp³-hybridized carbons (Fsp3) is 0.476. The predicted molar refractivity (Wildman–Crippen MR) is 95.5 cm³/mol. The van der Waals surface area contributed by atoms with Crippen LogP contribution in [0.2, 0.25) is 0 Å². The van der Waals surface area contributed by atoms with Crippen LogP contribution < -0.4 is 5.32 Å². The summed E-state index contributed by atoms with van der Waals surface area (Å²) in [5.74, 6) is 3.00. The smallest absolute Gasteiger partial charge is 0.287 e. The van der Waals surface area contributed by atoms with E-state index in [9.17, 15) is 4.79 Å². The van der Waals surface area contributed by atoms with E-state index in [1.54, 1.807) is 6.07 Å². The topological polar surface area (TPSA) is 45.5 Å². The Morgan fingerprint density at radius 3 is 2.68 bits per heavy atom. The summed E-state index contributed by atoms with van der Waals surface area (Å²) in [7, 11) is 0. The molecule has 130 valence electrons. The lowest BCUT2D eigenvalue weighted by molar-refractivity contribution is 0.0894. The van der Waals surface area contributed by atoms with Gasteiger partial charge >= 0.3 is 0 Å². The molecule has 1 saturated carbocycles. The van der Waals surface area contributed by atoms with Crippen molar-refractivity contribution < 1.29 is 9.21 Å². The minimum absolute atomic E-state index is 0.0864.